The standard InChI is InChI=1S/C26H28N6O4/c1-16-14-27-30(2)23(16)29-26(36)31-12-10-17(11-13-31)6-7-18-4-3-5-19-20(18)15-32(25(19)35)21-8-9-22(33)28-24(21)34/h3-5,14,17,21H,8-13,15H2,1-2H3,(H,29,36)(H,28,33,34). The van der Waals surface area contributed by atoms with E-state index in [9.17, 15) is 19.2 Å². The molecule has 0 bridgehead atoms. The molecular formula is C26H28N6O4. The van der Waals surface area contributed by atoms with E-state index in [1.807, 2.05) is 19.1 Å². The van der Waals surface area contributed by atoms with E-state index < -0.39 is 11.9 Å². The highest BCUT2D eigenvalue weighted by atomic mass is 16.2. The number of anilines is 1. The molecule has 1 atom stereocenters. The number of hydrogen-bond donors (Lipinski definition) is 2. The van der Waals surface area contributed by atoms with Gasteiger partial charge in [0, 0.05) is 55.7 Å². The molecule has 0 aliphatic carbocycles. The van der Waals surface area contributed by atoms with Gasteiger partial charge >= 0.3 is 6.03 Å². The summed E-state index contributed by atoms with van der Waals surface area (Å²) in [5.41, 5.74) is 3.07. The Bertz CT molecular complexity index is 1290. The van der Waals surface area contributed by atoms with Crippen molar-refractivity contribution in [3.63, 3.8) is 0 Å². The lowest BCUT2D eigenvalue weighted by Gasteiger charge is -2.30. The maximum atomic E-state index is 13.0. The fourth-order valence-electron chi connectivity index (χ4n) is 5.02. The zero-order chi connectivity index (χ0) is 25.4. The van der Waals surface area contributed by atoms with E-state index in [1.54, 1.807) is 33.8 Å². The second-order valence-corrected chi connectivity index (χ2v) is 9.49. The Morgan fingerprint density at radius 2 is 1.94 bits per heavy atom. The molecule has 5 amide bonds. The fraction of sp³-hybridized carbons (Fsp3) is 0.423. The Hall–Kier alpha value is -4.13. The van der Waals surface area contributed by atoms with E-state index in [2.05, 4.69) is 27.6 Å². The summed E-state index contributed by atoms with van der Waals surface area (Å²) in [6, 6.07) is 4.68. The molecule has 1 aromatic heterocycles. The van der Waals surface area contributed by atoms with E-state index in [0.717, 1.165) is 29.5 Å². The van der Waals surface area contributed by atoms with Crippen LogP contribution in [0.4, 0.5) is 10.6 Å². The molecule has 2 saturated heterocycles. The number of nitrogens with zero attached hydrogens (tertiary/aromatic N) is 4. The number of fused-ring (bicyclic) bond motifs is 1. The summed E-state index contributed by atoms with van der Waals surface area (Å²) >= 11 is 0. The molecule has 2 aromatic rings. The van der Waals surface area contributed by atoms with Crippen molar-refractivity contribution in [2.45, 2.75) is 45.2 Å². The van der Waals surface area contributed by atoms with Gasteiger partial charge in [-0.1, -0.05) is 17.9 Å². The van der Waals surface area contributed by atoms with Crippen LogP contribution in [0.2, 0.25) is 0 Å². The van der Waals surface area contributed by atoms with E-state index in [4.69, 9.17) is 0 Å². The van der Waals surface area contributed by atoms with Crippen LogP contribution in [0.25, 0.3) is 0 Å². The van der Waals surface area contributed by atoms with Gasteiger partial charge in [0.05, 0.1) is 6.20 Å². The van der Waals surface area contributed by atoms with Gasteiger partial charge in [0.2, 0.25) is 11.8 Å². The number of rotatable bonds is 2. The number of aromatic nitrogens is 2. The molecule has 0 radical (unpaired) electrons. The summed E-state index contributed by atoms with van der Waals surface area (Å²) in [7, 11) is 1.79. The molecule has 10 heteroatoms. The average molecular weight is 489 g/mol. The second-order valence-electron chi connectivity index (χ2n) is 9.49. The van der Waals surface area contributed by atoms with Gasteiger partial charge in [-0.05, 0) is 43.9 Å². The van der Waals surface area contributed by atoms with Gasteiger partial charge in [0.1, 0.15) is 11.9 Å². The first-order valence-corrected chi connectivity index (χ1v) is 12.1. The van der Waals surface area contributed by atoms with Gasteiger partial charge in [-0.3, -0.25) is 29.7 Å². The number of piperidine rings is 2. The van der Waals surface area contributed by atoms with E-state index in [1.165, 1.54) is 0 Å². The van der Waals surface area contributed by atoms with E-state index in [-0.39, 0.29) is 30.2 Å². The summed E-state index contributed by atoms with van der Waals surface area (Å²) in [5.74, 6) is 6.51. The molecule has 2 N–H and O–H groups in total. The molecule has 1 aromatic carbocycles. The van der Waals surface area contributed by atoms with Crippen molar-refractivity contribution >= 4 is 29.6 Å². The highest BCUT2D eigenvalue weighted by molar-refractivity contribution is 6.05. The summed E-state index contributed by atoms with van der Waals surface area (Å²) in [4.78, 5) is 52.8. The molecule has 0 saturated carbocycles. The lowest BCUT2D eigenvalue weighted by atomic mass is 9.96. The molecule has 186 valence electrons. The predicted octanol–water partition coefficient (Wildman–Crippen LogP) is 1.79. The van der Waals surface area contributed by atoms with Gasteiger partial charge in [0.15, 0.2) is 0 Å². The molecule has 2 fully saturated rings. The SMILES string of the molecule is Cc1cnn(C)c1NC(=O)N1CCC(C#Cc2cccc3c2CN(C2CCC(=O)NC2=O)C3=O)CC1. The molecule has 36 heavy (non-hydrogen) atoms. The Kier molecular flexibility index (Phi) is 6.22. The highest BCUT2D eigenvalue weighted by Gasteiger charge is 2.39. The molecule has 3 aliphatic rings. The van der Waals surface area contributed by atoms with Crippen LogP contribution >= 0.6 is 0 Å². The Morgan fingerprint density at radius 1 is 1.17 bits per heavy atom. The maximum absolute atomic E-state index is 13.0. The van der Waals surface area contributed by atoms with Crippen molar-refractivity contribution in [1.82, 2.24) is 24.9 Å². The lowest BCUT2D eigenvalue weighted by molar-refractivity contribution is -0.136. The first-order chi connectivity index (χ1) is 17.3. The topological polar surface area (TPSA) is 117 Å². The van der Waals surface area contributed by atoms with Crippen molar-refractivity contribution in [2.75, 3.05) is 18.4 Å². The van der Waals surface area contributed by atoms with Gasteiger partial charge in [-0.2, -0.15) is 5.10 Å². The number of likely N-dealkylation sites (tertiary alicyclic amines) is 1. The number of amides is 5. The number of aryl methyl sites for hydroxylation is 2. The Morgan fingerprint density at radius 3 is 2.64 bits per heavy atom. The number of nitrogens with one attached hydrogen (secondary N) is 2. The van der Waals surface area contributed by atoms with Crippen LogP contribution < -0.4 is 10.6 Å². The second kappa shape index (κ2) is 9.49. The number of benzene rings is 1. The number of urea groups is 1. The zero-order valence-corrected chi connectivity index (χ0v) is 20.3. The first kappa shape index (κ1) is 23.6. The first-order valence-electron chi connectivity index (χ1n) is 12.1. The number of carbonyl (C=O) groups excluding carboxylic acids is 4. The van der Waals surface area contributed by atoms with Gasteiger partial charge in [0.25, 0.3) is 5.91 Å². The summed E-state index contributed by atoms with van der Waals surface area (Å²) < 4.78 is 1.65. The minimum absolute atomic E-state index is 0.138. The van der Waals surface area contributed by atoms with Gasteiger partial charge in [-0.25, -0.2) is 4.79 Å². The van der Waals surface area contributed by atoms with Crippen molar-refractivity contribution < 1.29 is 19.2 Å². The monoisotopic (exact) mass is 488 g/mol. The van der Waals surface area contributed by atoms with Crippen LogP contribution in [0.1, 0.15) is 52.7 Å². The number of imide groups is 1. The van der Waals surface area contributed by atoms with Crippen LogP contribution in [0.15, 0.2) is 24.4 Å². The van der Waals surface area contributed by atoms with Crippen LogP contribution in [0, 0.1) is 24.7 Å². The Labute approximate surface area is 209 Å². The predicted molar refractivity (Wildman–Crippen MR) is 131 cm³/mol. The van der Waals surface area contributed by atoms with Crippen molar-refractivity contribution in [3.05, 3.63) is 46.6 Å². The lowest BCUT2D eigenvalue weighted by Crippen LogP contribution is -2.52. The fourth-order valence-corrected chi connectivity index (χ4v) is 5.02. The highest BCUT2D eigenvalue weighted by Crippen LogP contribution is 2.29. The smallest absolute Gasteiger partial charge is 0.323 e. The van der Waals surface area contributed by atoms with Crippen molar-refractivity contribution in [2.24, 2.45) is 13.0 Å². The largest absolute Gasteiger partial charge is 0.324 e. The average Bonchev–Trinajstić information content (AvgIpc) is 3.37. The van der Waals surface area contributed by atoms with Crippen LogP contribution in [-0.2, 0) is 23.2 Å². The molecule has 3 aliphatic heterocycles. The molecule has 1 unspecified atom stereocenters. The van der Waals surface area contributed by atoms with E-state index >= 15 is 0 Å². The van der Waals surface area contributed by atoms with Crippen LogP contribution in [-0.4, -0.2) is 62.5 Å². The van der Waals surface area contributed by atoms with E-state index in [0.29, 0.717) is 37.4 Å². The third kappa shape index (κ3) is 4.44. The maximum Gasteiger partial charge on any atom is 0.323 e. The van der Waals surface area contributed by atoms with Crippen LogP contribution in [0.5, 0.6) is 0 Å². The van der Waals surface area contributed by atoms with Crippen molar-refractivity contribution in [1.29, 1.82) is 0 Å². The summed E-state index contributed by atoms with van der Waals surface area (Å²) in [6.07, 6.45) is 3.80. The third-order valence-electron chi connectivity index (χ3n) is 7.12. The number of carbonyl (C=O) groups is 4. The normalized spacial score (nSPS) is 20.1. The van der Waals surface area contributed by atoms with Crippen molar-refractivity contribution in [3.8, 4) is 11.8 Å². The summed E-state index contributed by atoms with van der Waals surface area (Å²) in [6.45, 7) is 3.42. The quantitative estimate of drug-likeness (QED) is 0.494. The minimum atomic E-state index is -0.644. The minimum Gasteiger partial charge on any atom is -0.324 e. The zero-order valence-electron chi connectivity index (χ0n) is 20.3. The molecule has 10 nitrogen and oxygen atoms in total. The third-order valence-corrected chi connectivity index (χ3v) is 7.12. The van der Waals surface area contributed by atoms with Gasteiger partial charge in [-0.15, -0.1) is 0 Å². The number of hydrogen-bond acceptors (Lipinski definition) is 5. The van der Waals surface area contributed by atoms with Gasteiger partial charge < -0.3 is 9.80 Å². The molecule has 0 spiro atoms. The molecule has 5 rings (SSSR count). The molecular weight excluding hydrogens is 460 g/mol. The molecule has 4 heterocycles. The Balaban J connectivity index is 1.22. The summed E-state index contributed by atoms with van der Waals surface area (Å²) in [5, 5.41) is 9.42. The van der Waals surface area contributed by atoms with Crippen LogP contribution in [0.3, 0.4) is 0 Å².